The van der Waals surface area contributed by atoms with Gasteiger partial charge in [-0.2, -0.15) is 0 Å². The molecule has 1 fully saturated rings. The van der Waals surface area contributed by atoms with Crippen LogP contribution in [0.1, 0.15) is 65.2 Å². The van der Waals surface area contributed by atoms with E-state index < -0.39 is 0 Å². The zero-order valence-electron chi connectivity index (χ0n) is 9.18. The van der Waals surface area contributed by atoms with E-state index in [-0.39, 0.29) is 0 Å². The summed E-state index contributed by atoms with van der Waals surface area (Å²) in [6.07, 6.45) is 10.5. The van der Waals surface area contributed by atoms with Crippen LogP contribution < -0.4 is 0 Å². The number of hydrogen-bond acceptors (Lipinski definition) is 1. The second-order valence-electron chi connectivity index (χ2n) is 4.09. The van der Waals surface area contributed by atoms with Gasteiger partial charge in [0.2, 0.25) is 0 Å². The van der Waals surface area contributed by atoms with E-state index in [1.54, 1.807) is 0 Å². The van der Waals surface area contributed by atoms with Gasteiger partial charge in [0.1, 0.15) is 0 Å². The Morgan fingerprint density at radius 1 is 1.15 bits per heavy atom. The fourth-order valence-electron chi connectivity index (χ4n) is 2.09. The lowest BCUT2D eigenvalue weighted by atomic mass is 9.95. The van der Waals surface area contributed by atoms with Crippen LogP contribution in [0.5, 0.6) is 0 Å². The minimum atomic E-state index is 0.676. The minimum absolute atomic E-state index is 0.676. The maximum Gasteiger partial charge on any atom is 0.0499 e. The van der Waals surface area contributed by atoms with Crippen molar-refractivity contribution in [1.29, 1.82) is 0 Å². The van der Waals surface area contributed by atoms with Crippen LogP contribution in [0.3, 0.4) is 0 Å². The molecule has 1 nitrogen and oxygen atoms in total. The van der Waals surface area contributed by atoms with E-state index in [0.717, 1.165) is 6.42 Å². The van der Waals surface area contributed by atoms with Gasteiger partial charge in [-0.1, -0.05) is 39.5 Å². The van der Waals surface area contributed by atoms with Crippen LogP contribution in [0, 0.1) is 0 Å². The molecule has 1 saturated carbocycles. The molecule has 0 unspecified atom stereocenters. The zero-order chi connectivity index (χ0) is 9.52. The smallest absolute Gasteiger partial charge is 0.0499 e. The Kier molecular flexibility index (Phi) is 5.10. The summed E-state index contributed by atoms with van der Waals surface area (Å²) in [5.41, 5.74) is 1.45. The number of hydrogen-bond donors (Lipinski definition) is 0. The quantitative estimate of drug-likeness (QED) is 0.582. The molecule has 0 aromatic heterocycles. The molecule has 0 aromatic rings. The number of rotatable bonds is 4. The van der Waals surface area contributed by atoms with E-state index in [1.165, 1.54) is 50.7 Å². The molecule has 76 valence electrons. The van der Waals surface area contributed by atoms with Gasteiger partial charge in [-0.3, -0.25) is 4.99 Å². The summed E-state index contributed by atoms with van der Waals surface area (Å²) in [6, 6.07) is 0.676. The molecule has 1 rings (SSSR count). The van der Waals surface area contributed by atoms with Crippen LogP contribution in [0.2, 0.25) is 0 Å². The summed E-state index contributed by atoms with van der Waals surface area (Å²) in [5.74, 6) is 0. The average molecular weight is 181 g/mol. The summed E-state index contributed by atoms with van der Waals surface area (Å²) >= 11 is 0. The highest BCUT2D eigenvalue weighted by molar-refractivity contribution is 5.84. The predicted octanol–water partition coefficient (Wildman–Crippen LogP) is 3.97. The Morgan fingerprint density at radius 3 is 2.38 bits per heavy atom. The third-order valence-corrected chi connectivity index (χ3v) is 2.89. The van der Waals surface area contributed by atoms with Crippen molar-refractivity contribution in [3.63, 3.8) is 0 Å². The third-order valence-electron chi connectivity index (χ3n) is 2.89. The standard InChI is InChI=1S/C12H23N/c1-3-8-11(4-2)13-12-9-6-5-7-10-12/h12H,3-10H2,1-2H3. The summed E-state index contributed by atoms with van der Waals surface area (Å²) in [6.45, 7) is 4.48. The van der Waals surface area contributed by atoms with Gasteiger partial charge >= 0.3 is 0 Å². The summed E-state index contributed by atoms with van der Waals surface area (Å²) < 4.78 is 0. The van der Waals surface area contributed by atoms with Crippen molar-refractivity contribution in [3.8, 4) is 0 Å². The van der Waals surface area contributed by atoms with Crippen LogP contribution in [-0.2, 0) is 0 Å². The van der Waals surface area contributed by atoms with E-state index in [1.807, 2.05) is 0 Å². The fraction of sp³-hybridized carbons (Fsp3) is 0.917. The molecule has 0 amide bonds. The first-order valence-electron chi connectivity index (χ1n) is 5.92. The SMILES string of the molecule is CCCC(CC)=NC1CCCCC1. The van der Waals surface area contributed by atoms with Gasteiger partial charge in [-0.05, 0) is 25.7 Å². The summed E-state index contributed by atoms with van der Waals surface area (Å²) in [7, 11) is 0. The van der Waals surface area contributed by atoms with E-state index >= 15 is 0 Å². The molecule has 0 radical (unpaired) electrons. The fourth-order valence-corrected chi connectivity index (χ4v) is 2.09. The molecule has 13 heavy (non-hydrogen) atoms. The highest BCUT2D eigenvalue weighted by atomic mass is 14.8. The largest absolute Gasteiger partial charge is 0.291 e. The van der Waals surface area contributed by atoms with Crippen molar-refractivity contribution in [2.45, 2.75) is 71.3 Å². The Balaban J connectivity index is 2.39. The highest BCUT2D eigenvalue weighted by Gasteiger charge is 2.12. The van der Waals surface area contributed by atoms with E-state index in [9.17, 15) is 0 Å². The van der Waals surface area contributed by atoms with Crippen LogP contribution >= 0.6 is 0 Å². The van der Waals surface area contributed by atoms with E-state index in [4.69, 9.17) is 4.99 Å². The van der Waals surface area contributed by atoms with Crippen molar-refractivity contribution in [2.24, 2.45) is 4.99 Å². The maximum atomic E-state index is 4.86. The van der Waals surface area contributed by atoms with Crippen molar-refractivity contribution >= 4 is 5.71 Å². The van der Waals surface area contributed by atoms with Gasteiger partial charge in [-0.15, -0.1) is 0 Å². The third kappa shape index (κ3) is 3.93. The van der Waals surface area contributed by atoms with Gasteiger partial charge in [0.15, 0.2) is 0 Å². The maximum absolute atomic E-state index is 4.86. The molecular weight excluding hydrogens is 158 g/mol. The normalized spacial score (nSPS) is 20.6. The van der Waals surface area contributed by atoms with Crippen LogP contribution in [0.4, 0.5) is 0 Å². The first-order valence-corrected chi connectivity index (χ1v) is 5.92. The summed E-state index contributed by atoms with van der Waals surface area (Å²) in [4.78, 5) is 4.86. The minimum Gasteiger partial charge on any atom is -0.291 e. The van der Waals surface area contributed by atoms with E-state index in [2.05, 4.69) is 13.8 Å². The first kappa shape index (κ1) is 10.7. The Hall–Kier alpha value is -0.330. The second-order valence-corrected chi connectivity index (χ2v) is 4.09. The molecule has 1 aliphatic carbocycles. The van der Waals surface area contributed by atoms with Crippen LogP contribution in [0.15, 0.2) is 4.99 Å². The lowest BCUT2D eigenvalue weighted by Crippen LogP contribution is -2.12. The molecule has 0 bridgehead atoms. The van der Waals surface area contributed by atoms with Gasteiger partial charge in [-0.25, -0.2) is 0 Å². The molecule has 0 aliphatic heterocycles. The molecule has 1 heteroatoms. The van der Waals surface area contributed by atoms with Gasteiger partial charge in [0.25, 0.3) is 0 Å². The lowest BCUT2D eigenvalue weighted by Gasteiger charge is -2.19. The zero-order valence-corrected chi connectivity index (χ0v) is 9.18. The van der Waals surface area contributed by atoms with Gasteiger partial charge in [0, 0.05) is 11.8 Å². The van der Waals surface area contributed by atoms with Crippen molar-refractivity contribution in [2.75, 3.05) is 0 Å². The van der Waals surface area contributed by atoms with Gasteiger partial charge in [0.05, 0.1) is 0 Å². The molecule has 0 spiro atoms. The predicted molar refractivity (Wildman–Crippen MR) is 59.5 cm³/mol. The molecule has 1 aliphatic rings. The first-order chi connectivity index (χ1) is 6.36. The molecule has 0 saturated heterocycles. The second kappa shape index (κ2) is 6.17. The monoisotopic (exact) mass is 181 g/mol. The Labute approximate surface area is 82.6 Å². The average Bonchev–Trinajstić information content (AvgIpc) is 2.19. The van der Waals surface area contributed by atoms with Crippen molar-refractivity contribution in [1.82, 2.24) is 0 Å². The molecular formula is C12H23N. The summed E-state index contributed by atoms with van der Waals surface area (Å²) in [5, 5.41) is 0. The highest BCUT2D eigenvalue weighted by Crippen LogP contribution is 2.21. The Bertz CT molecular complexity index is 155. The molecule has 0 aromatic carbocycles. The molecule has 0 N–H and O–H groups in total. The number of nitrogens with zero attached hydrogens (tertiary/aromatic N) is 1. The molecule has 0 atom stereocenters. The Morgan fingerprint density at radius 2 is 1.85 bits per heavy atom. The van der Waals surface area contributed by atoms with Crippen molar-refractivity contribution in [3.05, 3.63) is 0 Å². The van der Waals surface area contributed by atoms with Crippen LogP contribution in [0.25, 0.3) is 0 Å². The van der Waals surface area contributed by atoms with E-state index in [0.29, 0.717) is 6.04 Å². The topological polar surface area (TPSA) is 12.4 Å². The molecule has 0 heterocycles. The lowest BCUT2D eigenvalue weighted by molar-refractivity contribution is 0.442. The van der Waals surface area contributed by atoms with Crippen LogP contribution in [-0.4, -0.2) is 11.8 Å². The van der Waals surface area contributed by atoms with Gasteiger partial charge < -0.3 is 0 Å². The number of aliphatic imine (C=N–C) groups is 1. The van der Waals surface area contributed by atoms with Crippen molar-refractivity contribution < 1.29 is 0 Å².